The van der Waals surface area contributed by atoms with Gasteiger partial charge < -0.3 is 10.4 Å². The zero-order valence-electron chi connectivity index (χ0n) is 12.1. The summed E-state index contributed by atoms with van der Waals surface area (Å²) in [6.07, 6.45) is -0.174. The third kappa shape index (κ3) is 5.18. The first kappa shape index (κ1) is 16.6. The van der Waals surface area contributed by atoms with E-state index in [1.54, 1.807) is 30.3 Å². The lowest BCUT2D eigenvalue weighted by Crippen LogP contribution is -2.43. The molecule has 0 heterocycles. The molecule has 2 N–H and O–H groups in total. The van der Waals surface area contributed by atoms with Crippen LogP contribution in [0.2, 0.25) is 0 Å². The lowest BCUT2D eigenvalue weighted by Gasteiger charge is -2.14. The number of carbonyl (C=O) groups is 2. The van der Waals surface area contributed by atoms with Crippen LogP contribution in [-0.4, -0.2) is 23.0 Å². The van der Waals surface area contributed by atoms with E-state index in [4.69, 9.17) is 0 Å². The predicted octanol–water partition coefficient (Wildman–Crippen LogP) is 2.32. The van der Waals surface area contributed by atoms with Gasteiger partial charge in [-0.15, -0.1) is 0 Å². The Morgan fingerprint density at radius 3 is 2.17 bits per heavy atom. The molecule has 4 nitrogen and oxygen atoms in total. The fourth-order valence-corrected chi connectivity index (χ4v) is 2.19. The normalized spacial score (nSPS) is 11.7. The Hall–Kier alpha value is -2.76. The van der Waals surface area contributed by atoms with Crippen molar-refractivity contribution in [3.8, 4) is 0 Å². The SMILES string of the molecule is O=C(Cc1cc(F)cc(F)c1)NC(Cc1ccccc1)C(=O)O. The van der Waals surface area contributed by atoms with Gasteiger partial charge in [0.2, 0.25) is 5.91 Å². The highest BCUT2D eigenvalue weighted by molar-refractivity contribution is 5.85. The lowest BCUT2D eigenvalue weighted by atomic mass is 10.1. The highest BCUT2D eigenvalue weighted by Gasteiger charge is 2.20. The Morgan fingerprint density at radius 2 is 1.61 bits per heavy atom. The van der Waals surface area contributed by atoms with E-state index < -0.39 is 29.6 Å². The van der Waals surface area contributed by atoms with Crippen molar-refractivity contribution < 1.29 is 23.5 Å². The van der Waals surface area contributed by atoms with Crippen LogP contribution < -0.4 is 5.32 Å². The van der Waals surface area contributed by atoms with Crippen LogP contribution >= 0.6 is 0 Å². The molecule has 1 atom stereocenters. The molecule has 0 saturated carbocycles. The summed E-state index contributed by atoms with van der Waals surface area (Å²) in [5, 5.41) is 11.6. The first-order chi connectivity index (χ1) is 10.9. The summed E-state index contributed by atoms with van der Waals surface area (Å²) in [7, 11) is 0. The van der Waals surface area contributed by atoms with E-state index >= 15 is 0 Å². The molecule has 0 aliphatic rings. The molecule has 23 heavy (non-hydrogen) atoms. The topological polar surface area (TPSA) is 66.4 Å². The number of hydrogen-bond acceptors (Lipinski definition) is 2. The number of carboxylic acid groups (broad SMARTS) is 1. The highest BCUT2D eigenvalue weighted by Crippen LogP contribution is 2.09. The zero-order valence-corrected chi connectivity index (χ0v) is 12.1. The van der Waals surface area contributed by atoms with Gasteiger partial charge in [0.25, 0.3) is 0 Å². The number of rotatable bonds is 6. The molecular weight excluding hydrogens is 304 g/mol. The second kappa shape index (κ2) is 7.49. The molecule has 1 amide bonds. The Labute approximate surface area is 131 Å². The minimum absolute atomic E-state index is 0.124. The van der Waals surface area contributed by atoms with Gasteiger partial charge in [-0.2, -0.15) is 0 Å². The fraction of sp³-hybridized carbons (Fsp3) is 0.176. The Balaban J connectivity index is 2.02. The lowest BCUT2D eigenvalue weighted by molar-refractivity contribution is -0.141. The molecule has 0 spiro atoms. The van der Waals surface area contributed by atoms with Crippen molar-refractivity contribution in [3.05, 3.63) is 71.3 Å². The molecule has 120 valence electrons. The average molecular weight is 319 g/mol. The van der Waals surface area contributed by atoms with Crippen LogP contribution in [0.25, 0.3) is 0 Å². The largest absolute Gasteiger partial charge is 0.480 e. The van der Waals surface area contributed by atoms with E-state index in [1.165, 1.54) is 0 Å². The second-order valence-corrected chi connectivity index (χ2v) is 5.10. The summed E-state index contributed by atoms with van der Waals surface area (Å²) < 4.78 is 26.2. The van der Waals surface area contributed by atoms with Crippen LogP contribution in [0, 0.1) is 11.6 Å². The molecule has 2 aromatic carbocycles. The van der Waals surface area contributed by atoms with Crippen molar-refractivity contribution in [1.82, 2.24) is 5.32 Å². The molecule has 6 heteroatoms. The van der Waals surface area contributed by atoms with Gasteiger partial charge in [-0.05, 0) is 23.3 Å². The van der Waals surface area contributed by atoms with Gasteiger partial charge in [0.15, 0.2) is 0 Å². The molecule has 0 aliphatic heterocycles. The summed E-state index contributed by atoms with van der Waals surface area (Å²) in [6.45, 7) is 0. The summed E-state index contributed by atoms with van der Waals surface area (Å²) >= 11 is 0. The number of amides is 1. The Morgan fingerprint density at radius 1 is 1.00 bits per heavy atom. The fourth-order valence-electron chi connectivity index (χ4n) is 2.19. The Bertz CT molecular complexity index is 684. The van der Waals surface area contributed by atoms with Crippen LogP contribution in [-0.2, 0) is 22.4 Å². The third-order valence-corrected chi connectivity index (χ3v) is 3.20. The number of benzene rings is 2. The van der Waals surface area contributed by atoms with E-state index in [2.05, 4.69) is 5.32 Å². The molecular formula is C17H15F2NO3. The molecule has 2 rings (SSSR count). The van der Waals surface area contributed by atoms with Gasteiger partial charge in [-0.3, -0.25) is 4.79 Å². The van der Waals surface area contributed by atoms with Crippen molar-refractivity contribution in [3.63, 3.8) is 0 Å². The monoisotopic (exact) mass is 319 g/mol. The molecule has 0 fully saturated rings. The molecule has 0 bridgehead atoms. The minimum Gasteiger partial charge on any atom is -0.480 e. The third-order valence-electron chi connectivity index (χ3n) is 3.20. The van der Waals surface area contributed by atoms with E-state index in [9.17, 15) is 23.5 Å². The van der Waals surface area contributed by atoms with E-state index in [0.29, 0.717) is 6.07 Å². The number of aliphatic carboxylic acids is 1. The summed E-state index contributed by atoms with van der Waals surface area (Å²) in [6, 6.07) is 10.5. The number of carbonyl (C=O) groups excluding carboxylic acids is 1. The van der Waals surface area contributed by atoms with Crippen LogP contribution in [0.5, 0.6) is 0 Å². The highest BCUT2D eigenvalue weighted by atomic mass is 19.1. The number of nitrogens with one attached hydrogen (secondary N) is 1. The van der Waals surface area contributed by atoms with Gasteiger partial charge in [-0.1, -0.05) is 30.3 Å². The maximum absolute atomic E-state index is 13.1. The van der Waals surface area contributed by atoms with Gasteiger partial charge in [0.05, 0.1) is 6.42 Å². The van der Waals surface area contributed by atoms with Crippen LogP contribution in [0.1, 0.15) is 11.1 Å². The Kier molecular flexibility index (Phi) is 5.41. The minimum atomic E-state index is -1.17. The molecule has 0 radical (unpaired) electrons. The number of hydrogen-bond donors (Lipinski definition) is 2. The molecule has 1 unspecified atom stereocenters. The van der Waals surface area contributed by atoms with E-state index in [0.717, 1.165) is 17.7 Å². The summed E-state index contributed by atoms with van der Waals surface area (Å²) in [4.78, 5) is 23.2. The van der Waals surface area contributed by atoms with Crippen LogP contribution in [0.15, 0.2) is 48.5 Å². The van der Waals surface area contributed by atoms with Crippen molar-refractivity contribution in [2.45, 2.75) is 18.9 Å². The maximum atomic E-state index is 13.1. The van der Waals surface area contributed by atoms with Gasteiger partial charge in [0.1, 0.15) is 17.7 Å². The van der Waals surface area contributed by atoms with E-state index in [-0.39, 0.29) is 18.4 Å². The van der Waals surface area contributed by atoms with Gasteiger partial charge >= 0.3 is 5.97 Å². The van der Waals surface area contributed by atoms with Crippen molar-refractivity contribution in [2.75, 3.05) is 0 Å². The van der Waals surface area contributed by atoms with Crippen molar-refractivity contribution >= 4 is 11.9 Å². The smallest absolute Gasteiger partial charge is 0.326 e. The number of halogens is 2. The standard InChI is InChI=1S/C17H15F2NO3/c18-13-6-12(7-14(19)10-13)9-16(21)20-15(17(22)23)8-11-4-2-1-3-5-11/h1-7,10,15H,8-9H2,(H,20,21)(H,22,23). The summed E-state index contributed by atoms with van der Waals surface area (Å²) in [5.74, 6) is -3.36. The first-order valence-corrected chi connectivity index (χ1v) is 6.95. The second-order valence-electron chi connectivity index (χ2n) is 5.10. The summed E-state index contributed by atoms with van der Waals surface area (Å²) in [5.41, 5.74) is 0.904. The van der Waals surface area contributed by atoms with Crippen molar-refractivity contribution in [1.29, 1.82) is 0 Å². The molecule has 0 saturated heterocycles. The average Bonchev–Trinajstić information content (AvgIpc) is 2.46. The molecule has 0 aromatic heterocycles. The van der Waals surface area contributed by atoms with Gasteiger partial charge in [-0.25, -0.2) is 13.6 Å². The van der Waals surface area contributed by atoms with Crippen LogP contribution in [0.3, 0.4) is 0 Å². The number of carboxylic acids is 1. The maximum Gasteiger partial charge on any atom is 0.326 e. The predicted molar refractivity (Wildman–Crippen MR) is 79.8 cm³/mol. The quantitative estimate of drug-likeness (QED) is 0.859. The van der Waals surface area contributed by atoms with Crippen LogP contribution in [0.4, 0.5) is 8.78 Å². The molecule has 2 aromatic rings. The van der Waals surface area contributed by atoms with Gasteiger partial charge in [0, 0.05) is 12.5 Å². The first-order valence-electron chi connectivity index (χ1n) is 6.95. The molecule has 0 aliphatic carbocycles. The zero-order chi connectivity index (χ0) is 16.8. The van der Waals surface area contributed by atoms with Crippen molar-refractivity contribution in [2.24, 2.45) is 0 Å². The van der Waals surface area contributed by atoms with E-state index in [1.807, 2.05) is 0 Å².